The molecule has 35 heavy (non-hydrogen) atoms. The number of carbonyl (C=O) groups excluding carboxylic acids is 2. The van der Waals surface area contributed by atoms with Gasteiger partial charge >= 0.3 is 5.97 Å². The molecular weight excluding hydrogens is 462 g/mol. The Kier molecular flexibility index (Phi) is 8.65. The number of Topliss-reactive ketones (excluding diaryl/α,β-unsaturated/α-hetero) is 1. The number of hydrogen-bond acceptors (Lipinski definition) is 7. The van der Waals surface area contributed by atoms with E-state index >= 15 is 0 Å². The van der Waals surface area contributed by atoms with E-state index in [4.69, 9.17) is 9.47 Å². The molecule has 0 aromatic carbocycles. The van der Waals surface area contributed by atoms with Crippen LogP contribution in [-0.2, 0) is 19.1 Å². The predicted molar refractivity (Wildman–Crippen MR) is 139 cm³/mol. The molecule has 0 bridgehead atoms. The minimum atomic E-state index is -1.12. The molecule has 7 heteroatoms. The van der Waals surface area contributed by atoms with Gasteiger partial charge in [0.05, 0.1) is 40.3 Å². The second kappa shape index (κ2) is 10.8. The first-order valence-corrected chi connectivity index (χ1v) is 13.8. The third-order valence-electron chi connectivity index (χ3n) is 8.52. The van der Waals surface area contributed by atoms with Crippen molar-refractivity contribution in [2.45, 2.75) is 111 Å². The van der Waals surface area contributed by atoms with Gasteiger partial charge in [-0.05, 0) is 50.7 Å². The van der Waals surface area contributed by atoms with Crippen LogP contribution in [0.2, 0.25) is 0 Å². The highest BCUT2D eigenvalue weighted by atomic mass is 32.1. The molecule has 3 heterocycles. The topological polar surface area (TPSA) is 89.0 Å². The molecule has 1 aromatic rings. The highest BCUT2D eigenvalue weighted by molar-refractivity contribution is 7.09. The minimum absolute atomic E-state index is 0.00618. The van der Waals surface area contributed by atoms with Gasteiger partial charge in [-0.25, -0.2) is 4.98 Å². The lowest BCUT2D eigenvalue weighted by atomic mass is 9.70. The van der Waals surface area contributed by atoms with Gasteiger partial charge in [0.15, 0.2) is 0 Å². The number of cyclic esters (lactones) is 1. The summed E-state index contributed by atoms with van der Waals surface area (Å²) in [5.41, 5.74) is 0.478. The first-order valence-electron chi connectivity index (χ1n) is 12.9. The largest absolute Gasteiger partial charge is 0.458 e. The third kappa shape index (κ3) is 6.60. The molecule has 1 N–H and O–H groups in total. The molecule has 2 aliphatic rings. The van der Waals surface area contributed by atoms with Crippen LogP contribution in [0.3, 0.4) is 0 Å². The van der Waals surface area contributed by atoms with Crippen molar-refractivity contribution in [3.05, 3.63) is 21.7 Å². The summed E-state index contributed by atoms with van der Waals surface area (Å²) >= 11 is 1.58. The number of epoxide rings is 1. The number of hydrogen-bond donors (Lipinski definition) is 1. The van der Waals surface area contributed by atoms with E-state index in [1.807, 2.05) is 32.2 Å². The molecule has 0 aliphatic carbocycles. The fourth-order valence-corrected chi connectivity index (χ4v) is 5.81. The maximum atomic E-state index is 13.4. The number of aliphatic hydroxyl groups is 1. The summed E-state index contributed by atoms with van der Waals surface area (Å²) in [6, 6.07) is 0. The molecule has 3 rings (SSSR count). The summed E-state index contributed by atoms with van der Waals surface area (Å²) in [6.45, 7) is 15.8. The lowest BCUT2D eigenvalue weighted by Gasteiger charge is -2.35. The fraction of sp³-hybridized carbons (Fsp3) is 0.750. The van der Waals surface area contributed by atoms with Gasteiger partial charge in [0.1, 0.15) is 11.9 Å². The Bertz CT molecular complexity index is 953. The molecule has 6 nitrogen and oxygen atoms in total. The normalized spacial score (nSPS) is 37.5. The van der Waals surface area contributed by atoms with Gasteiger partial charge in [0, 0.05) is 17.7 Å². The monoisotopic (exact) mass is 505 g/mol. The number of nitrogens with zero attached hydrogens (tertiary/aromatic N) is 1. The van der Waals surface area contributed by atoms with Gasteiger partial charge in [-0.3, -0.25) is 9.59 Å². The van der Waals surface area contributed by atoms with E-state index in [-0.39, 0.29) is 35.7 Å². The molecule has 0 spiro atoms. The van der Waals surface area contributed by atoms with Crippen LogP contribution >= 0.6 is 11.3 Å². The number of aryl methyl sites for hydroxylation is 1. The van der Waals surface area contributed by atoms with Gasteiger partial charge in [0.25, 0.3) is 0 Å². The summed E-state index contributed by atoms with van der Waals surface area (Å²) in [4.78, 5) is 30.9. The van der Waals surface area contributed by atoms with E-state index in [0.29, 0.717) is 12.3 Å². The van der Waals surface area contributed by atoms with Gasteiger partial charge in [0.2, 0.25) is 0 Å². The molecule has 2 unspecified atom stereocenters. The Morgan fingerprint density at radius 3 is 2.54 bits per heavy atom. The Morgan fingerprint density at radius 2 is 1.91 bits per heavy atom. The van der Waals surface area contributed by atoms with E-state index in [1.54, 1.807) is 25.2 Å². The quantitative estimate of drug-likeness (QED) is 0.406. The molecule has 2 saturated heterocycles. The molecule has 2 fully saturated rings. The summed E-state index contributed by atoms with van der Waals surface area (Å²) in [6.07, 6.45) is 3.69. The van der Waals surface area contributed by atoms with Crippen molar-refractivity contribution in [1.29, 1.82) is 0 Å². The van der Waals surface area contributed by atoms with Crippen molar-refractivity contribution >= 4 is 29.2 Å². The van der Waals surface area contributed by atoms with Crippen molar-refractivity contribution in [1.82, 2.24) is 4.98 Å². The summed E-state index contributed by atoms with van der Waals surface area (Å²) in [5.74, 6) is -0.162. The number of rotatable bonds is 2. The Hall–Kier alpha value is -1.57. The fourth-order valence-electron chi connectivity index (χ4n) is 5.24. The number of aromatic nitrogens is 1. The highest BCUT2D eigenvalue weighted by Crippen LogP contribution is 2.45. The molecule has 196 valence electrons. The highest BCUT2D eigenvalue weighted by Gasteiger charge is 2.53. The van der Waals surface area contributed by atoms with Crippen LogP contribution < -0.4 is 0 Å². The van der Waals surface area contributed by atoms with Crippen molar-refractivity contribution < 1.29 is 24.2 Å². The van der Waals surface area contributed by atoms with Crippen LogP contribution in [0.4, 0.5) is 0 Å². The molecule has 0 saturated carbocycles. The zero-order valence-corrected chi connectivity index (χ0v) is 23.4. The summed E-state index contributed by atoms with van der Waals surface area (Å²) in [7, 11) is 0. The minimum Gasteiger partial charge on any atom is -0.458 e. The van der Waals surface area contributed by atoms with Gasteiger partial charge in [-0.1, -0.05) is 47.5 Å². The first-order chi connectivity index (χ1) is 16.2. The SMILES string of the molecule is C/C(=C\c1csc(C)n1)C1CC2O[C@]2(C)CCC[C@H](C)[C@H](C)[C@@H](C)C(=O)C(C)(C)[C@@H](O)CC(=O)O1. The lowest BCUT2D eigenvalue weighted by molar-refractivity contribution is -0.154. The van der Waals surface area contributed by atoms with Crippen LogP contribution in [0.5, 0.6) is 0 Å². The molecule has 7 atom stereocenters. The van der Waals surface area contributed by atoms with E-state index in [0.717, 1.165) is 35.5 Å². The molecule has 0 radical (unpaired) electrons. The second-order valence-electron chi connectivity index (χ2n) is 11.6. The standard InChI is InChI=1S/C28H43NO5S/c1-16-10-9-11-28(8)24(34-28)13-22(17(2)12-21-15-35-20(5)29-21)33-25(31)14-23(30)27(6,7)26(32)19(4)18(16)3/h12,15-16,18-19,22-24,30H,9-11,13-14H2,1-8H3/b17-12+/t16-,18-,19+,22?,23-,24?,28+/m0/s1. The number of fused-ring (bicyclic) bond motifs is 1. The third-order valence-corrected chi connectivity index (χ3v) is 9.31. The van der Waals surface area contributed by atoms with Crippen molar-refractivity contribution in [3.8, 4) is 0 Å². The predicted octanol–water partition coefficient (Wildman–Crippen LogP) is 5.75. The van der Waals surface area contributed by atoms with Crippen LogP contribution in [0.25, 0.3) is 6.08 Å². The van der Waals surface area contributed by atoms with Crippen molar-refractivity contribution in [2.75, 3.05) is 0 Å². The number of carbonyl (C=O) groups is 2. The van der Waals surface area contributed by atoms with Crippen molar-refractivity contribution in [3.63, 3.8) is 0 Å². The zero-order chi connectivity index (χ0) is 26.1. The van der Waals surface area contributed by atoms with Gasteiger partial charge in [-0.2, -0.15) is 0 Å². The summed E-state index contributed by atoms with van der Waals surface area (Å²) in [5, 5.41) is 13.9. The second-order valence-corrected chi connectivity index (χ2v) is 12.7. The lowest BCUT2D eigenvalue weighted by Crippen LogP contribution is -2.44. The maximum Gasteiger partial charge on any atom is 0.309 e. The number of ketones is 1. The zero-order valence-electron chi connectivity index (χ0n) is 22.6. The Labute approximate surface area is 214 Å². The number of ether oxygens (including phenoxy) is 2. The van der Waals surface area contributed by atoms with E-state index < -0.39 is 23.6 Å². The van der Waals surface area contributed by atoms with E-state index in [1.165, 1.54) is 0 Å². The number of thiazole rings is 1. The first kappa shape index (κ1) is 28.0. The molecular formula is C28H43NO5S. The number of aliphatic hydroxyl groups excluding tert-OH is 1. The van der Waals surface area contributed by atoms with Gasteiger partial charge in [-0.15, -0.1) is 11.3 Å². The Balaban J connectivity index is 1.85. The number of esters is 1. The Morgan fingerprint density at radius 1 is 1.23 bits per heavy atom. The average Bonchev–Trinajstić information content (AvgIpc) is 3.22. The molecule has 2 aliphatic heterocycles. The van der Waals surface area contributed by atoms with Crippen LogP contribution in [0, 0.1) is 30.1 Å². The average molecular weight is 506 g/mol. The van der Waals surface area contributed by atoms with Crippen LogP contribution in [0.1, 0.15) is 91.3 Å². The van der Waals surface area contributed by atoms with E-state index in [9.17, 15) is 14.7 Å². The van der Waals surface area contributed by atoms with Crippen LogP contribution in [0.15, 0.2) is 11.0 Å². The van der Waals surface area contributed by atoms with Crippen molar-refractivity contribution in [2.24, 2.45) is 23.2 Å². The smallest absolute Gasteiger partial charge is 0.309 e. The maximum absolute atomic E-state index is 13.4. The summed E-state index contributed by atoms with van der Waals surface area (Å²) < 4.78 is 12.0. The van der Waals surface area contributed by atoms with Gasteiger partial charge < -0.3 is 14.6 Å². The molecule has 0 amide bonds. The van der Waals surface area contributed by atoms with E-state index in [2.05, 4.69) is 25.8 Å². The van der Waals surface area contributed by atoms with Crippen LogP contribution in [-0.4, -0.2) is 45.8 Å². The molecule has 1 aromatic heterocycles.